The Morgan fingerprint density at radius 3 is 3.21 bits per heavy atom. The summed E-state index contributed by atoms with van der Waals surface area (Å²) in [4.78, 5) is 3.06. The van der Waals surface area contributed by atoms with Crippen LogP contribution in [0.3, 0.4) is 0 Å². The Balaban J connectivity index is 2.03. The fraction of sp³-hybridized carbons (Fsp3) is 0.250. The fourth-order valence-electron chi connectivity index (χ4n) is 2.56. The van der Waals surface area contributed by atoms with E-state index < -0.39 is 0 Å². The van der Waals surface area contributed by atoms with Crippen molar-refractivity contribution in [2.24, 2.45) is 0 Å². The quantitative estimate of drug-likeness (QED) is 0.699. The molecule has 0 unspecified atom stereocenters. The van der Waals surface area contributed by atoms with Gasteiger partial charge in [-0.15, -0.1) is 22.0 Å². The van der Waals surface area contributed by atoms with Gasteiger partial charge in [-0.1, -0.05) is 23.8 Å². The van der Waals surface area contributed by atoms with Crippen molar-refractivity contribution in [1.29, 1.82) is 0 Å². The largest absolute Gasteiger partial charge is 0.342 e. The molecule has 0 N–H and O–H groups in total. The Kier molecular flexibility index (Phi) is 2.58. The van der Waals surface area contributed by atoms with Crippen LogP contribution in [0.15, 0.2) is 24.5 Å². The van der Waals surface area contributed by atoms with Crippen LogP contribution in [0.2, 0.25) is 5.02 Å². The average molecular weight is 309 g/mol. The lowest BCUT2D eigenvalue weighted by molar-refractivity contribution is 0.405. The number of rotatable bonds is 0. The van der Waals surface area contributed by atoms with E-state index in [9.17, 15) is 0 Å². The molecule has 1 saturated heterocycles. The summed E-state index contributed by atoms with van der Waals surface area (Å²) in [6, 6.07) is 5.98. The van der Waals surface area contributed by atoms with E-state index in [2.05, 4.69) is 15.1 Å². The third-order valence-electron chi connectivity index (χ3n) is 3.46. The molecule has 1 atom stereocenters. The molecule has 0 spiro atoms. The molecule has 0 aliphatic carbocycles. The van der Waals surface area contributed by atoms with Crippen LogP contribution in [0.5, 0.6) is 0 Å². The van der Waals surface area contributed by atoms with Gasteiger partial charge in [0.15, 0.2) is 5.82 Å². The second-order valence-electron chi connectivity index (χ2n) is 4.51. The zero-order chi connectivity index (χ0) is 13.0. The number of benzene rings is 1. The third-order valence-corrected chi connectivity index (χ3v) is 5.17. The normalized spacial score (nSPS) is 20.8. The molecule has 19 heavy (non-hydrogen) atoms. The maximum Gasteiger partial charge on any atom is 0.161 e. The van der Waals surface area contributed by atoms with Gasteiger partial charge in [0, 0.05) is 16.3 Å². The number of thioether (sulfide) groups is 1. The number of nitrogens with zero attached hydrogens (tertiary/aromatic N) is 4. The van der Waals surface area contributed by atoms with Crippen LogP contribution in [0.1, 0.15) is 17.4 Å². The number of halogens is 1. The predicted molar refractivity (Wildman–Crippen MR) is 80.0 cm³/mol. The molecule has 4 nitrogen and oxygen atoms in total. The molecule has 2 aliphatic rings. The van der Waals surface area contributed by atoms with Gasteiger partial charge in [0.2, 0.25) is 0 Å². The van der Waals surface area contributed by atoms with Gasteiger partial charge in [-0.2, -0.15) is 0 Å². The molecular weight excluding hydrogens is 300 g/mol. The van der Waals surface area contributed by atoms with Gasteiger partial charge in [0.25, 0.3) is 0 Å². The van der Waals surface area contributed by atoms with E-state index in [1.54, 1.807) is 6.33 Å². The predicted octanol–water partition coefficient (Wildman–Crippen LogP) is 2.66. The highest BCUT2D eigenvalue weighted by Crippen LogP contribution is 2.38. The summed E-state index contributed by atoms with van der Waals surface area (Å²) in [5.74, 6) is 2.83. The van der Waals surface area contributed by atoms with Crippen molar-refractivity contribution in [3.63, 3.8) is 0 Å². The van der Waals surface area contributed by atoms with Gasteiger partial charge >= 0.3 is 0 Å². The Bertz CT molecular complexity index is 684. The number of fused-ring (bicyclic) bond motifs is 5. The minimum Gasteiger partial charge on any atom is -0.342 e. The van der Waals surface area contributed by atoms with Crippen LogP contribution in [0.25, 0.3) is 5.69 Å². The van der Waals surface area contributed by atoms with Gasteiger partial charge in [0.05, 0.1) is 11.6 Å². The van der Waals surface area contributed by atoms with E-state index in [0.29, 0.717) is 5.02 Å². The van der Waals surface area contributed by atoms with Crippen LogP contribution in [-0.4, -0.2) is 36.3 Å². The van der Waals surface area contributed by atoms with Crippen LogP contribution >= 0.6 is 35.6 Å². The number of hydrogen-bond acceptors (Lipinski definition) is 4. The Morgan fingerprint density at radius 1 is 1.42 bits per heavy atom. The molecule has 1 aromatic heterocycles. The summed E-state index contributed by atoms with van der Waals surface area (Å²) < 4.78 is 2.02. The molecule has 7 heteroatoms. The Labute approximate surface area is 124 Å². The zero-order valence-electron chi connectivity index (χ0n) is 9.78. The third kappa shape index (κ3) is 1.63. The lowest BCUT2D eigenvalue weighted by atomic mass is 10.1. The summed E-state index contributed by atoms with van der Waals surface area (Å²) in [5.41, 5.74) is 1.99. The molecular formula is C12H9ClN4S2. The van der Waals surface area contributed by atoms with Crippen molar-refractivity contribution in [3.8, 4) is 5.69 Å². The molecule has 2 aromatic rings. The van der Waals surface area contributed by atoms with Crippen molar-refractivity contribution in [2.75, 3.05) is 11.6 Å². The molecule has 0 saturated carbocycles. The smallest absolute Gasteiger partial charge is 0.161 e. The van der Waals surface area contributed by atoms with Crippen molar-refractivity contribution in [3.05, 3.63) is 40.9 Å². The van der Waals surface area contributed by atoms with Gasteiger partial charge in [-0.3, -0.25) is 4.57 Å². The summed E-state index contributed by atoms with van der Waals surface area (Å²) in [6.07, 6.45) is 1.75. The number of hydrogen-bond donors (Lipinski definition) is 0. The highest BCUT2D eigenvalue weighted by Gasteiger charge is 2.36. The topological polar surface area (TPSA) is 34.0 Å². The maximum absolute atomic E-state index is 6.12. The standard InChI is InChI=1S/C12H9ClN4S2/c13-7-1-2-9-8(3-7)12(18)17-6-19-4-10(17)11-15-14-5-16(9)11/h1-3,5,10H,4,6H2/t10-/m0/s1. The average Bonchev–Trinajstić information content (AvgIpc) is 3.04. The summed E-state index contributed by atoms with van der Waals surface area (Å²) in [7, 11) is 0. The first kappa shape index (κ1) is 11.7. The number of aromatic nitrogens is 3. The first-order valence-electron chi connectivity index (χ1n) is 5.84. The summed E-state index contributed by atoms with van der Waals surface area (Å²) in [6.45, 7) is 0. The Hall–Kier alpha value is -1.11. The van der Waals surface area contributed by atoms with E-state index in [0.717, 1.165) is 33.7 Å². The monoisotopic (exact) mass is 308 g/mol. The first-order valence-corrected chi connectivity index (χ1v) is 7.78. The van der Waals surface area contributed by atoms with Crippen molar-refractivity contribution in [1.82, 2.24) is 19.7 Å². The van der Waals surface area contributed by atoms with Crippen LogP contribution in [0, 0.1) is 0 Å². The second-order valence-corrected chi connectivity index (χ2v) is 6.33. The fourth-order valence-corrected chi connectivity index (χ4v) is 4.33. The molecule has 1 aromatic carbocycles. The van der Waals surface area contributed by atoms with E-state index in [4.69, 9.17) is 23.8 Å². The SMILES string of the molecule is S=C1c2cc(Cl)ccc2-n2cnnc2[C@@H]2CSCN12. The lowest BCUT2D eigenvalue weighted by Gasteiger charge is -2.22. The van der Waals surface area contributed by atoms with Gasteiger partial charge in [-0.05, 0) is 18.2 Å². The van der Waals surface area contributed by atoms with E-state index in [-0.39, 0.29) is 6.04 Å². The van der Waals surface area contributed by atoms with E-state index in [1.165, 1.54) is 0 Å². The van der Waals surface area contributed by atoms with Gasteiger partial charge in [0.1, 0.15) is 17.4 Å². The van der Waals surface area contributed by atoms with Crippen LogP contribution < -0.4 is 0 Å². The minimum atomic E-state index is 0.200. The van der Waals surface area contributed by atoms with Crippen LogP contribution in [0.4, 0.5) is 0 Å². The van der Waals surface area contributed by atoms with Gasteiger partial charge < -0.3 is 4.90 Å². The first-order chi connectivity index (χ1) is 9.25. The number of thiocarbonyl (C=S) groups is 1. The Morgan fingerprint density at radius 2 is 2.32 bits per heavy atom. The molecule has 3 heterocycles. The van der Waals surface area contributed by atoms with Gasteiger partial charge in [-0.25, -0.2) is 0 Å². The molecule has 96 valence electrons. The molecule has 0 amide bonds. The molecule has 1 fully saturated rings. The lowest BCUT2D eigenvalue weighted by Crippen LogP contribution is -2.29. The van der Waals surface area contributed by atoms with Crippen molar-refractivity contribution < 1.29 is 0 Å². The maximum atomic E-state index is 6.12. The summed E-state index contributed by atoms with van der Waals surface area (Å²) >= 11 is 13.6. The van der Waals surface area contributed by atoms with E-state index in [1.807, 2.05) is 34.5 Å². The van der Waals surface area contributed by atoms with E-state index >= 15 is 0 Å². The molecule has 0 bridgehead atoms. The van der Waals surface area contributed by atoms with Crippen molar-refractivity contribution >= 4 is 40.6 Å². The molecule has 2 aliphatic heterocycles. The molecule has 0 radical (unpaired) electrons. The highest BCUT2D eigenvalue weighted by atomic mass is 35.5. The second kappa shape index (κ2) is 4.19. The zero-order valence-corrected chi connectivity index (χ0v) is 12.2. The van der Waals surface area contributed by atoms with Crippen LogP contribution in [-0.2, 0) is 0 Å². The minimum absolute atomic E-state index is 0.200. The summed E-state index contributed by atoms with van der Waals surface area (Å²) in [5, 5.41) is 9.03. The highest BCUT2D eigenvalue weighted by molar-refractivity contribution is 7.99. The molecule has 4 rings (SSSR count). The van der Waals surface area contributed by atoms with Crippen molar-refractivity contribution in [2.45, 2.75) is 6.04 Å².